The number of amides is 2. The fourth-order valence-electron chi connectivity index (χ4n) is 3.30. The van der Waals surface area contributed by atoms with E-state index in [1.165, 1.54) is 25.7 Å². The van der Waals surface area contributed by atoms with Gasteiger partial charge in [-0.2, -0.15) is 0 Å². The van der Waals surface area contributed by atoms with E-state index in [-0.39, 0.29) is 6.03 Å². The maximum Gasteiger partial charge on any atom is 0.321 e. The number of carbonyl (C=O) groups is 1. The van der Waals surface area contributed by atoms with Crippen LogP contribution in [0, 0.1) is 5.92 Å². The summed E-state index contributed by atoms with van der Waals surface area (Å²) in [6.07, 6.45) is 9.07. The molecule has 130 valence electrons. The molecular weight excluding hydrogens is 308 g/mol. The first-order chi connectivity index (χ1) is 12.3. The third-order valence-electron chi connectivity index (χ3n) is 4.69. The summed E-state index contributed by atoms with van der Waals surface area (Å²) in [6, 6.07) is 20.2. The Hall–Kier alpha value is -2.55. The van der Waals surface area contributed by atoms with Gasteiger partial charge < -0.3 is 10.2 Å². The molecule has 0 bridgehead atoms. The summed E-state index contributed by atoms with van der Waals surface area (Å²) in [5, 5.41) is 2.96. The van der Waals surface area contributed by atoms with E-state index in [9.17, 15) is 4.79 Å². The average Bonchev–Trinajstić information content (AvgIpc) is 3.16. The smallest absolute Gasteiger partial charge is 0.316 e. The second-order valence-corrected chi connectivity index (χ2v) is 6.68. The predicted octanol–water partition coefficient (Wildman–Crippen LogP) is 5.10. The Bertz CT molecular complexity index is 634. The van der Waals surface area contributed by atoms with E-state index in [4.69, 9.17) is 0 Å². The molecule has 0 aliphatic heterocycles. The van der Waals surface area contributed by atoms with Gasteiger partial charge in [-0.25, -0.2) is 4.79 Å². The van der Waals surface area contributed by atoms with Gasteiger partial charge in [-0.15, -0.1) is 0 Å². The zero-order valence-corrected chi connectivity index (χ0v) is 14.6. The Morgan fingerprint density at radius 2 is 1.44 bits per heavy atom. The van der Waals surface area contributed by atoms with Crippen molar-refractivity contribution in [1.82, 2.24) is 10.2 Å². The second kappa shape index (κ2) is 9.07. The lowest BCUT2D eigenvalue weighted by Gasteiger charge is -2.22. The molecule has 1 aliphatic rings. The zero-order chi connectivity index (χ0) is 17.3. The van der Waals surface area contributed by atoms with E-state index >= 15 is 0 Å². The van der Waals surface area contributed by atoms with Crippen LogP contribution in [0.5, 0.6) is 0 Å². The van der Waals surface area contributed by atoms with Gasteiger partial charge in [0.1, 0.15) is 0 Å². The largest absolute Gasteiger partial charge is 0.321 e. The fourth-order valence-corrected chi connectivity index (χ4v) is 3.30. The predicted molar refractivity (Wildman–Crippen MR) is 102 cm³/mol. The minimum atomic E-state index is -0.0537. The molecule has 25 heavy (non-hydrogen) atoms. The quantitative estimate of drug-likeness (QED) is 0.783. The highest BCUT2D eigenvalue weighted by Gasteiger charge is 2.14. The molecule has 0 spiro atoms. The van der Waals surface area contributed by atoms with E-state index < -0.39 is 0 Å². The lowest BCUT2D eigenvalue weighted by molar-refractivity contribution is 0.196. The van der Waals surface area contributed by atoms with Crippen LogP contribution in [0.25, 0.3) is 0 Å². The molecular formula is C22H26N2O. The van der Waals surface area contributed by atoms with Gasteiger partial charge in [0.2, 0.25) is 0 Å². The Morgan fingerprint density at radius 1 is 0.920 bits per heavy atom. The van der Waals surface area contributed by atoms with Gasteiger partial charge >= 0.3 is 6.03 Å². The molecule has 1 saturated carbocycles. The molecule has 2 aromatic carbocycles. The summed E-state index contributed by atoms with van der Waals surface area (Å²) in [6.45, 7) is 1.19. The molecule has 0 aromatic heterocycles. The highest BCUT2D eigenvalue weighted by molar-refractivity contribution is 5.75. The van der Waals surface area contributed by atoms with Crippen LogP contribution in [0.2, 0.25) is 0 Å². The Kier molecular flexibility index (Phi) is 6.27. The second-order valence-electron chi connectivity index (χ2n) is 6.68. The molecule has 1 aliphatic carbocycles. The van der Waals surface area contributed by atoms with Gasteiger partial charge in [-0.1, -0.05) is 79.6 Å². The van der Waals surface area contributed by atoms with Crippen molar-refractivity contribution >= 4 is 6.03 Å². The van der Waals surface area contributed by atoms with Crippen molar-refractivity contribution < 1.29 is 4.79 Å². The minimum absolute atomic E-state index is 0.0537. The van der Waals surface area contributed by atoms with Crippen molar-refractivity contribution in [2.45, 2.75) is 38.8 Å². The van der Waals surface area contributed by atoms with Crippen molar-refractivity contribution in [3.8, 4) is 0 Å². The maximum atomic E-state index is 12.7. The van der Waals surface area contributed by atoms with Gasteiger partial charge in [-0.05, 0) is 29.9 Å². The summed E-state index contributed by atoms with van der Waals surface area (Å²) < 4.78 is 0. The van der Waals surface area contributed by atoms with Crippen molar-refractivity contribution in [1.29, 1.82) is 0 Å². The van der Waals surface area contributed by atoms with Crippen LogP contribution in [-0.2, 0) is 13.1 Å². The molecule has 1 N–H and O–H groups in total. The summed E-state index contributed by atoms with van der Waals surface area (Å²) in [4.78, 5) is 14.5. The summed E-state index contributed by atoms with van der Waals surface area (Å²) >= 11 is 0. The van der Waals surface area contributed by atoms with Crippen molar-refractivity contribution in [2.24, 2.45) is 5.92 Å². The number of allylic oxidation sites excluding steroid dienone is 1. The van der Waals surface area contributed by atoms with E-state index in [2.05, 4.69) is 35.7 Å². The van der Waals surface area contributed by atoms with Crippen molar-refractivity contribution in [2.75, 3.05) is 0 Å². The molecule has 1 fully saturated rings. The molecule has 3 rings (SSSR count). The van der Waals surface area contributed by atoms with Crippen LogP contribution in [0.3, 0.4) is 0 Å². The van der Waals surface area contributed by atoms with E-state index in [0.717, 1.165) is 11.1 Å². The molecule has 0 atom stereocenters. The van der Waals surface area contributed by atoms with Crippen LogP contribution in [-0.4, -0.2) is 10.9 Å². The molecule has 2 amide bonds. The van der Waals surface area contributed by atoms with Crippen LogP contribution < -0.4 is 5.32 Å². The summed E-state index contributed by atoms with van der Waals surface area (Å²) in [5.74, 6) is 0.622. The first-order valence-electron chi connectivity index (χ1n) is 9.11. The van der Waals surface area contributed by atoms with Gasteiger partial charge in [-0.3, -0.25) is 0 Å². The fraction of sp³-hybridized carbons (Fsp3) is 0.318. The lowest BCUT2D eigenvalue weighted by Crippen LogP contribution is -2.36. The van der Waals surface area contributed by atoms with Crippen LogP contribution in [0.4, 0.5) is 4.79 Å². The average molecular weight is 334 g/mol. The molecule has 0 heterocycles. The molecule has 2 aromatic rings. The van der Waals surface area contributed by atoms with Gasteiger partial charge in [0.15, 0.2) is 0 Å². The van der Waals surface area contributed by atoms with E-state index in [1.54, 1.807) is 0 Å². The number of hydrogen-bond acceptors (Lipinski definition) is 1. The Morgan fingerprint density at radius 3 is 1.96 bits per heavy atom. The number of nitrogens with zero attached hydrogens (tertiary/aromatic N) is 1. The van der Waals surface area contributed by atoms with E-state index in [1.807, 2.05) is 47.5 Å². The number of urea groups is 1. The maximum absolute atomic E-state index is 12.7. The van der Waals surface area contributed by atoms with Gasteiger partial charge in [0.25, 0.3) is 0 Å². The number of hydrogen-bond donors (Lipinski definition) is 1. The Labute approximate surface area is 150 Å². The molecule has 0 saturated heterocycles. The first kappa shape index (κ1) is 17.3. The summed E-state index contributed by atoms with van der Waals surface area (Å²) in [7, 11) is 0. The number of benzene rings is 2. The third-order valence-corrected chi connectivity index (χ3v) is 4.69. The van der Waals surface area contributed by atoms with Crippen molar-refractivity contribution in [3.63, 3.8) is 0 Å². The third kappa shape index (κ3) is 5.49. The highest BCUT2D eigenvalue weighted by Crippen LogP contribution is 2.25. The standard InChI is InChI=1S/C22H26N2O/c25-22(23-16-15-19-9-7-8-10-19)24(17-20-11-3-1-4-12-20)18-21-13-5-2-6-14-21/h1-6,11-16,19H,7-10,17-18H2,(H,23,25)/b16-15+. The monoisotopic (exact) mass is 334 g/mol. The topological polar surface area (TPSA) is 32.3 Å². The SMILES string of the molecule is O=C(N/C=C/C1CCCC1)N(Cc1ccccc1)Cc1ccccc1. The normalized spacial score (nSPS) is 14.7. The van der Waals surface area contributed by atoms with Crippen LogP contribution >= 0.6 is 0 Å². The number of nitrogens with one attached hydrogen (secondary N) is 1. The summed E-state index contributed by atoms with van der Waals surface area (Å²) in [5.41, 5.74) is 2.27. The molecule has 0 radical (unpaired) electrons. The molecule has 3 heteroatoms. The Balaban J connectivity index is 1.64. The van der Waals surface area contributed by atoms with Gasteiger partial charge in [0.05, 0.1) is 0 Å². The minimum Gasteiger partial charge on any atom is -0.316 e. The highest BCUT2D eigenvalue weighted by atomic mass is 16.2. The zero-order valence-electron chi connectivity index (χ0n) is 14.6. The number of rotatable bonds is 6. The van der Waals surface area contributed by atoms with Gasteiger partial charge in [0, 0.05) is 19.3 Å². The first-order valence-corrected chi connectivity index (χ1v) is 9.11. The van der Waals surface area contributed by atoms with Crippen LogP contribution in [0.1, 0.15) is 36.8 Å². The lowest BCUT2D eigenvalue weighted by atomic mass is 10.1. The number of carbonyl (C=O) groups excluding carboxylic acids is 1. The van der Waals surface area contributed by atoms with Crippen molar-refractivity contribution in [3.05, 3.63) is 84.1 Å². The molecule has 3 nitrogen and oxygen atoms in total. The van der Waals surface area contributed by atoms with E-state index in [0.29, 0.717) is 19.0 Å². The van der Waals surface area contributed by atoms with Crippen LogP contribution in [0.15, 0.2) is 72.9 Å². The molecule has 0 unspecified atom stereocenters.